The van der Waals surface area contributed by atoms with E-state index in [0.717, 1.165) is 31.5 Å². The van der Waals surface area contributed by atoms with Gasteiger partial charge < -0.3 is 10.1 Å². The van der Waals surface area contributed by atoms with Crippen molar-refractivity contribution in [1.82, 2.24) is 0 Å². The molecule has 1 N–H and O–H groups in total. The predicted molar refractivity (Wildman–Crippen MR) is 116 cm³/mol. The zero-order valence-corrected chi connectivity index (χ0v) is 18.0. The Morgan fingerprint density at radius 1 is 0.923 bits per heavy atom. The summed E-state index contributed by atoms with van der Waals surface area (Å²) in [6, 6.07) is 20.8. The second-order valence-electron chi connectivity index (χ2n) is 6.32. The first-order chi connectivity index (χ1) is 12.5. The van der Waals surface area contributed by atoms with Gasteiger partial charge in [0.2, 0.25) is 0 Å². The van der Waals surface area contributed by atoms with Crippen LogP contribution in [0.1, 0.15) is 22.3 Å². The van der Waals surface area contributed by atoms with Gasteiger partial charge in [-0.2, -0.15) is 0 Å². The second-order valence-corrected chi connectivity index (χ2v) is 8.09. The van der Waals surface area contributed by atoms with Crippen LogP contribution in [-0.4, -0.2) is 0 Å². The molecule has 0 amide bonds. The number of aryl methyl sites for hydroxylation is 2. The van der Waals surface area contributed by atoms with Crippen LogP contribution >= 0.6 is 31.9 Å². The first-order valence-corrected chi connectivity index (χ1v) is 10.1. The number of nitrogens with one attached hydrogen (secondary N) is 1. The van der Waals surface area contributed by atoms with E-state index in [9.17, 15) is 0 Å². The van der Waals surface area contributed by atoms with E-state index in [4.69, 9.17) is 4.74 Å². The van der Waals surface area contributed by atoms with Gasteiger partial charge in [0, 0.05) is 22.3 Å². The third-order valence-electron chi connectivity index (χ3n) is 4.20. The van der Waals surface area contributed by atoms with Crippen molar-refractivity contribution >= 4 is 37.5 Å². The van der Waals surface area contributed by atoms with Gasteiger partial charge in [-0.1, -0.05) is 64.0 Å². The van der Waals surface area contributed by atoms with Crippen molar-refractivity contribution in [3.63, 3.8) is 0 Å². The van der Waals surface area contributed by atoms with Crippen LogP contribution in [0.5, 0.6) is 5.75 Å². The standard InChI is InChI=1S/C22H21Br2NO/c1-15-7-9-17(10-8-15)14-26-22-18(11-19(23)12-20(22)24)13-25-21-6-4-3-5-16(21)2/h3-12,25H,13-14H2,1-2H3. The molecular weight excluding hydrogens is 454 g/mol. The molecule has 0 aliphatic carbocycles. The average molecular weight is 475 g/mol. The lowest BCUT2D eigenvalue weighted by molar-refractivity contribution is 0.301. The normalized spacial score (nSPS) is 10.6. The highest BCUT2D eigenvalue weighted by molar-refractivity contribution is 9.11. The fourth-order valence-electron chi connectivity index (χ4n) is 2.71. The topological polar surface area (TPSA) is 21.3 Å². The van der Waals surface area contributed by atoms with Crippen LogP contribution in [0.3, 0.4) is 0 Å². The fraction of sp³-hybridized carbons (Fsp3) is 0.182. The number of para-hydroxylation sites is 1. The van der Waals surface area contributed by atoms with Gasteiger partial charge in [0.1, 0.15) is 12.4 Å². The Hall–Kier alpha value is -1.78. The van der Waals surface area contributed by atoms with Gasteiger partial charge in [-0.3, -0.25) is 0 Å². The quantitative estimate of drug-likeness (QED) is 0.414. The van der Waals surface area contributed by atoms with Gasteiger partial charge >= 0.3 is 0 Å². The van der Waals surface area contributed by atoms with E-state index in [-0.39, 0.29) is 0 Å². The van der Waals surface area contributed by atoms with Gasteiger partial charge in [-0.25, -0.2) is 0 Å². The lowest BCUT2D eigenvalue weighted by Crippen LogP contribution is -2.05. The summed E-state index contributed by atoms with van der Waals surface area (Å²) in [4.78, 5) is 0. The molecule has 0 aromatic heterocycles. The number of rotatable bonds is 6. The molecule has 0 spiro atoms. The zero-order chi connectivity index (χ0) is 18.5. The molecule has 0 radical (unpaired) electrons. The van der Waals surface area contributed by atoms with Gasteiger partial charge in [0.15, 0.2) is 0 Å². The van der Waals surface area contributed by atoms with Crippen LogP contribution in [0.15, 0.2) is 69.6 Å². The molecule has 3 aromatic carbocycles. The summed E-state index contributed by atoms with van der Waals surface area (Å²) in [5, 5.41) is 3.51. The van der Waals surface area contributed by atoms with Crippen LogP contribution in [0.25, 0.3) is 0 Å². The van der Waals surface area contributed by atoms with E-state index >= 15 is 0 Å². The molecule has 26 heavy (non-hydrogen) atoms. The highest BCUT2D eigenvalue weighted by atomic mass is 79.9. The molecule has 0 saturated carbocycles. The van der Waals surface area contributed by atoms with E-state index in [0.29, 0.717) is 13.2 Å². The van der Waals surface area contributed by atoms with Gasteiger partial charge in [-0.05, 0) is 59.1 Å². The molecular formula is C22H21Br2NO. The molecule has 0 saturated heterocycles. The van der Waals surface area contributed by atoms with Crippen molar-refractivity contribution in [2.24, 2.45) is 0 Å². The van der Waals surface area contributed by atoms with Crippen molar-refractivity contribution in [1.29, 1.82) is 0 Å². The van der Waals surface area contributed by atoms with E-state index in [2.05, 4.69) is 93.5 Å². The average Bonchev–Trinajstić information content (AvgIpc) is 2.61. The smallest absolute Gasteiger partial charge is 0.139 e. The third kappa shape index (κ3) is 4.89. The van der Waals surface area contributed by atoms with Crippen LogP contribution in [-0.2, 0) is 13.2 Å². The third-order valence-corrected chi connectivity index (χ3v) is 5.25. The molecule has 3 aromatic rings. The highest BCUT2D eigenvalue weighted by Crippen LogP contribution is 2.34. The SMILES string of the molecule is Cc1ccc(COc2c(Br)cc(Br)cc2CNc2ccccc2C)cc1. The Morgan fingerprint density at radius 2 is 1.65 bits per heavy atom. The lowest BCUT2D eigenvalue weighted by Gasteiger charge is -2.16. The minimum absolute atomic E-state index is 0.540. The highest BCUT2D eigenvalue weighted by Gasteiger charge is 2.11. The number of hydrogen-bond acceptors (Lipinski definition) is 2. The number of ether oxygens (including phenoxy) is 1. The summed E-state index contributed by atoms with van der Waals surface area (Å²) in [5.74, 6) is 0.870. The molecule has 0 fully saturated rings. The molecule has 0 aliphatic rings. The number of anilines is 1. The summed E-state index contributed by atoms with van der Waals surface area (Å²) < 4.78 is 8.13. The van der Waals surface area contributed by atoms with Crippen molar-refractivity contribution in [2.75, 3.05) is 5.32 Å². The molecule has 0 aliphatic heterocycles. The number of halogens is 2. The summed E-state index contributed by atoms with van der Waals surface area (Å²) >= 11 is 7.22. The van der Waals surface area contributed by atoms with E-state index < -0.39 is 0 Å². The Morgan fingerprint density at radius 3 is 2.38 bits per heavy atom. The van der Waals surface area contributed by atoms with Crippen molar-refractivity contribution < 1.29 is 4.74 Å². The summed E-state index contributed by atoms with van der Waals surface area (Å²) in [6.07, 6.45) is 0. The van der Waals surface area contributed by atoms with Crippen LogP contribution in [0.2, 0.25) is 0 Å². The minimum atomic E-state index is 0.540. The molecule has 0 atom stereocenters. The predicted octanol–water partition coefficient (Wildman–Crippen LogP) is 7.02. The van der Waals surface area contributed by atoms with Crippen LogP contribution < -0.4 is 10.1 Å². The largest absolute Gasteiger partial charge is 0.487 e. The first kappa shape index (κ1) is 19.0. The molecule has 134 valence electrons. The van der Waals surface area contributed by atoms with Crippen LogP contribution in [0, 0.1) is 13.8 Å². The summed E-state index contributed by atoms with van der Waals surface area (Å²) in [7, 11) is 0. The molecule has 0 bridgehead atoms. The fourth-order valence-corrected chi connectivity index (χ4v) is 4.14. The van der Waals surface area contributed by atoms with Crippen LogP contribution in [0.4, 0.5) is 5.69 Å². The van der Waals surface area contributed by atoms with Gasteiger partial charge in [0.25, 0.3) is 0 Å². The summed E-state index contributed by atoms with van der Waals surface area (Å²) in [6.45, 7) is 5.42. The maximum atomic E-state index is 6.16. The molecule has 0 unspecified atom stereocenters. The Labute approximate surface area is 171 Å². The van der Waals surface area contributed by atoms with Crippen molar-refractivity contribution in [3.05, 3.63) is 91.9 Å². The molecule has 2 nitrogen and oxygen atoms in total. The van der Waals surface area contributed by atoms with E-state index in [1.54, 1.807) is 0 Å². The second kappa shape index (κ2) is 8.74. The summed E-state index contributed by atoms with van der Waals surface area (Å²) in [5.41, 5.74) is 5.86. The van der Waals surface area contributed by atoms with Crippen molar-refractivity contribution in [2.45, 2.75) is 27.0 Å². The molecule has 0 heterocycles. The van der Waals surface area contributed by atoms with Gasteiger partial charge in [0.05, 0.1) is 4.47 Å². The Bertz CT molecular complexity index is 891. The Balaban J connectivity index is 1.78. The van der Waals surface area contributed by atoms with E-state index in [1.165, 1.54) is 11.1 Å². The monoisotopic (exact) mass is 473 g/mol. The number of benzene rings is 3. The van der Waals surface area contributed by atoms with Crippen molar-refractivity contribution in [3.8, 4) is 5.75 Å². The number of hydrogen-bond donors (Lipinski definition) is 1. The molecule has 3 rings (SSSR count). The maximum absolute atomic E-state index is 6.16. The Kier molecular flexibility index (Phi) is 6.38. The first-order valence-electron chi connectivity index (χ1n) is 8.48. The maximum Gasteiger partial charge on any atom is 0.139 e. The minimum Gasteiger partial charge on any atom is -0.487 e. The van der Waals surface area contributed by atoms with Gasteiger partial charge in [-0.15, -0.1) is 0 Å². The lowest BCUT2D eigenvalue weighted by atomic mass is 10.1. The zero-order valence-electron chi connectivity index (χ0n) is 14.9. The van der Waals surface area contributed by atoms with E-state index in [1.807, 2.05) is 18.2 Å². The molecule has 4 heteroatoms.